The second-order valence-corrected chi connectivity index (χ2v) is 5.63. The van der Waals surface area contributed by atoms with Crippen molar-refractivity contribution in [2.75, 3.05) is 13.2 Å². The Morgan fingerprint density at radius 3 is 2.69 bits per heavy atom. The fourth-order valence-electron chi connectivity index (χ4n) is 1.31. The number of ether oxygens (including phenoxy) is 1. The molecule has 0 spiro atoms. The van der Waals surface area contributed by atoms with E-state index in [1.807, 2.05) is 6.92 Å². The molecule has 92 valence electrons. The first-order valence-electron chi connectivity index (χ1n) is 5.80. The van der Waals surface area contributed by atoms with Crippen molar-refractivity contribution in [3.63, 3.8) is 0 Å². The first-order valence-corrected chi connectivity index (χ1v) is 6.68. The van der Waals surface area contributed by atoms with Crippen molar-refractivity contribution in [2.45, 2.75) is 40.3 Å². The molecule has 0 saturated heterocycles. The summed E-state index contributed by atoms with van der Waals surface area (Å²) in [7, 11) is 0. The molecule has 0 saturated carbocycles. The quantitative estimate of drug-likeness (QED) is 0.798. The Bertz CT molecular complexity index is 299. The van der Waals surface area contributed by atoms with Crippen molar-refractivity contribution < 1.29 is 4.74 Å². The predicted molar refractivity (Wildman–Crippen MR) is 68.8 cm³/mol. The molecule has 1 aromatic rings. The number of aryl methyl sites for hydroxylation is 1. The Hall–Kier alpha value is -0.450. The monoisotopic (exact) mass is 242 g/mol. The highest BCUT2D eigenvalue weighted by Crippen LogP contribution is 2.07. The van der Waals surface area contributed by atoms with Gasteiger partial charge in [0.15, 0.2) is 0 Å². The lowest BCUT2D eigenvalue weighted by Gasteiger charge is -2.14. The molecule has 0 fully saturated rings. The van der Waals surface area contributed by atoms with Gasteiger partial charge in [0.1, 0.15) is 0 Å². The molecule has 4 heteroatoms. The van der Waals surface area contributed by atoms with Crippen LogP contribution in [0.5, 0.6) is 0 Å². The number of aromatic nitrogens is 1. The van der Waals surface area contributed by atoms with Crippen LogP contribution in [-0.4, -0.2) is 24.2 Å². The van der Waals surface area contributed by atoms with Gasteiger partial charge >= 0.3 is 0 Å². The second kappa shape index (κ2) is 6.99. The van der Waals surface area contributed by atoms with E-state index in [4.69, 9.17) is 4.74 Å². The first-order chi connectivity index (χ1) is 7.58. The standard InChI is InChI=1S/C12H22N2OS/c1-9(2)6-15-7-10(3)13-5-12-8-16-11(4)14-12/h8-10,13H,5-7H2,1-4H3. The number of hydrogen-bond acceptors (Lipinski definition) is 4. The number of hydrogen-bond donors (Lipinski definition) is 1. The molecule has 1 atom stereocenters. The van der Waals surface area contributed by atoms with Gasteiger partial charge in [0.2, 0.25) is 0 Å². The van der Waals surface area contributed by atoms with E-state index in [0.29, 0.717) is 12.0 Å². The lowest BCUT2D eigenvalue weighted by atomic mass is 10.2. The summed E-state index contributed by atoms with van der Waals surface area (Å²) < 4.78 is 5.57. The maximum atomic E-state index is 5.57. The van der Waals surface area contributed by atoms with E-state index < -0.39 is 0 Å². The van der Waals surface area contributed by atoms with Crippen molar-refractivity contribution >= 4 is 11.3 Å². The number of nitrogens with one attached hydrogen (secondary N) is 1. The summed E-state index contributed by atoms with van der Waals surface area (Å²) in [6.45, 7) is 10.9. The largest absolute Gasteiger partial charge is 0.380 e. The van der Waals surface area contributed by atoms with E-state index in [-0.39, 0.29) is 0 Å². The summed E-state index contributed by atoms with van der Waals surface area (Å²) in [5, 5.41) is 6.63. The molecule has 0 aliphatic carbocycles. The van der Waals surface area contributed by atoms with Crippen LogP contribution < -0.4 is 5.32 Å². The molecule has 0 aliphatic heterocycles. The van der Waals surface area contributed by atoms with Gasteiger partial charge in [-0.05, 0) is 19.8 Å². The summed E-state index contributed by atoms with van der Waals surface area (Å²) in [6.07, 6.45) is 0. The predicted octanol–water partition coefficient (Wildman–Crippen LogP) is 2.60. The molecule has 1 heterocycles. The normalized spacial score (nSPS) is 13.3. The fourth-order valence-corrected chi connectivity index (χ4v) is 1.92. The summed E-state index contributed by atoms with van der Waals surface area (Å²) in [5.74, 6) is 0.605. The zero-order valence-electron chi connectivity index (χ0n) is 10.6. The first kappa shape index (κ1) is 13.6. The highest BCUT2D eigenvalue weighted by atomic mass is 32.1. The van der Waals surface area contributed by atoms with Gasteiger partial charge in [-0.25, -0.2) is 4.98 Å². The van der Waals surface area contributed by atoms with E-state index in [1.54, 1.807) is 11.3 Å². The molecule has 3 nitrogen and oxygen atoms in total. The minimum atomic E-state index is 0.376. The van der Waals surface area contributed by atoms with Crippen LogP contribution in [0.2, 0.25) is 0 Å². The average Bonchev–Trinajstić information content (AvgIpc) is 2.61. The van der Waals surface area contributed by atoms with Crippen LogP contribution in [0.15, 0.2) is 5.38 Å². The Labute approximate surface area is 102 Å². The Morgan fingerprint density at radius 1 is 1.38 bits per heavy atom. The average molecular weight is 242 g/mol. The summed E-state index contributed by atoms with van der Waals surface area (Å²) >= 11 is 1.70. The van der Waals surface area contributed by atoms with Gasteiger partial charge in [0, 0.05) is 24.6 Å². The van der Waals surface area contributed by atoms with E-state index in [1.165, 1.54) is 0 Å². The zero-order valence-corrected chi connectivity index (χ0v) is 11.4. The van der Waals surface area contributed by atoms with Gasteiger partial charge < -0.3 is 10.1 Å². The molecule has 1 rings (SSSR count). The van der Waals surface area contributed by atoms with E-state index in [0.717, 1.165) is 30.5 Å². The third kappa shape index (κ3) is 5.58. The highest BCUT2D eigenvalue weighted by Gasteiger charge is 2.04. The maximum Gasteiger partial charge on any atom is 0.0897 e. The van der Waals surface area contributed by atoms with E-state index in [9.17, 15) is 0 Å². The Balaban J connectivity index is 2.12. The van der Waals surface area contributed by atoms with Gasteiger partial charge in [0.25, 0.3) is 0 Å². The Kier molecular flexibility index (Phi) is 5.95. The van der Waals surface area contributed by atoms with Crippen molar-refractivity contribution in [1.29, 1.82) is 0 Å². The van der Waals surface area contributed by atoms with Crippen LogP contribution in [0, 0.1) is 12.8 Å². The minimum Gasteiger partial charge on any atom is -0.380 e. The van der Waals surface area contributed by atoms with Crippen LogP contribution in [0.3, 0.4) is 0 Å². The second-order valence-electron chi connectivity index (χ2n) is 4.57. The van der Waals surface area contributed by atoms with Crippen LogP contribution in [0.1, 0.15) is 31.5 Å². The van der Waals surface area contributed by atoms with Crippen LogP contribution >= 0.6 is 11.3 Å². The number of rotatable bonds is 7. The van der Waals surface area contributed by atoms with Crippen molar-refractivity contribution in [1.82, 2.24) is 10.3 Å². The lowest BCUT2D eigenvalue weighted by molar-refractivity contribution is 0.0934. The summed E-state index contributed by atoms with van der Waals surface area (Å²) in [5.41, 5.74) is 1.12. The van der Waals surface area contributed by atoms with Crippen molar-refractivity contribution in [3.05, 3.63) is 16.1 Å². The van der Waals surface area contributed by atoms with Gasteiger partial charge in [-0.3, -0.25) is 0 Å². The minimum absolute atomic E-state index is 0.376. The molecular formula is C12H22N2OS. The molecule has 1 unspecified atom stereocenters. The van der Waals surface area contributed by atoms with Gasteiger partial charge in [-0.15, -0.1) is 11.3 Å². The molecule has 0 bridgehead atoms. The van der Waals surface area contributed by atoms with E-state index in [2.05, 4.69) is 36.5 Å². The SMILES string of the molecule is Cc1nc(CNC(C)COCC(C)C)cs1. The Morgan fingerprint density at radius 2 is 2.12 bits per heavy atom. The molecule has 0 aromatic carbocycles. The molecular weight excluding hydrogens is 220 g/mol. The molecule has 1 aromatic heterocycles. The number of nitrogens with zero attached hydrogens (tertiary/aromatic N) is 1. The highest BCUT2D eigenvalue weighted by molar-refractivity contribution is 7.09. The summed E-state index contributed by atoms with van der Waals surface area (Å²) in [6, 6.07) is 0.376. The van der Waals surface area contributed by atoms with Crippen LogP contribution in [-0.2, 0) is 11.3 Å². The zero-order chi connectivity index (χ0) is 12.0. The molecule has 16 heavy (non-hydrogen) atoms. The third-order valence-electron chi connectivity index (χ3n) is 2.12. The van der Waals surface area contributed by atoms with E-state index >= 15 is 0 Å². The van der Waals surface area contributed by atoms with Crippen molar-refractivity contribution in [3.8, 4) is 0 Å². The van der Waals surface area contributed by atoms with Gasteiger partial charge in [-0.2, -0.15) is 0 Å². The third-order valence-corrected chi connectivity index (χ3v) is 2.94. The fraction of sp³-hybridized carbons (Fsp3) is 0.750. The topological polar surface area (TPSA) is 34.2 Å². The molecule has 1 N–H and O–H groups in total. The maximum absolute atomic E-state index is 5.57. The molecule has 0 radical (unpaired) electrons. The van der Waals surface area contributed by atoms with Gasteiger partial charge in [-0.1, -0.05) is 13.8 Å². The molecule has 0 aliphatic rings. The molecule has 0 amide bonds. The summed E-state index contributed by atoms with van der Waals surface area (Å²) in [4.78, 5) is 4.41. The van der Waals surface area contributed by atoms with Crippen LogP contribution in [0.25, 0.3) is 0 Å². The van der Waals surface area contributed by atoms with Crippen molar-refractivity contribution in [2.24, 2.45) is 5.92 Å². The number of thiazole rings is 1. The van der Waals surface area contributed by atoms with Gasteiger partial charge in [0.05, 0.1) is 17.3 Å². The van der Waals surface area contributed by atoms with Crippen LogP contribution in [0.4, 0.5) is 0 Å². The lowest BCUT2D eigenvalue weighted by Crippen LogP contribution is -2.30. The smallest absolute Gasteiger partial charge is 0.0897 e.